The zero-order chi connectivity index (χ0) is 15.2. The van der Waals surface area contributed by atoms with Gasteiger partial charge in [0.1, 0.15) is 5.82 Å². The number of nitrogens with zero attached hydrogens (tertiary/aromatic N) is 1. The van der Waals surface area contributed by atoms with E-state index in [-0.39, 0.29) is 5.82 Å². The lowest BCUT2D eigenvalue weighted by Gasteiger charge is -2.06. The van der Waals surface area contributed by atoms with Crippen LogP contribution in [0.25, 0.3) is 0 Å². The summed E-state index contributed by atoms with van der Waals surface area (Å²) in [5.74, 6) is 0.00453. The quantitative estimate of drug-likeness (QED) is 0.667. The molecule has 0 fully saturated rings. The fraction of sp³-hybridized carbons (Fsp3) is 0.188. The van der Waals surface area contributed by atoms with Crippen LogP contribution < -0.4 is 11.1 Å². The van der Waals surface area contributed by atoms with E-state index in [2.05, 4.69) is 10.3 Å². The summed E-state index contributed by atoms with van der Waals surface area (Å²) in [4.78, 5) is 4.23. The number of benzene rings is 2. The van der Waals surface area contributed by atoms with Gasteiger partial charge in [-0.1, -0.05) is 35.4 Å². The second-order valence-electron chi connectivity index (χ2n) is 4.74. The molecule has 0 amide bonds. The number of nitrogens with one attached hydrogen (secondary N) is 1. The van der Waals surface area contributed by atoms with E-state index in [1.165, 1.54) is 17.7 Å². The second kappa shape index (κ2) is 7.09. The lowest BCUT2D eigenvalue weighted by Crippen LogP contribution is -2.23. The van der Waals surface area contributed by atoms with E-state index >= 15 is 0 Å². The summed E-state index contributed by atoms with van der Waals surface area (Å²) >= 11 is 5.95. The molecule has 3 nitrogen and oxygen atoms in total. The maximum atomic E-state index is 12.9. The van der Waals surface area contributed by atoms with Crippen LogP contribution in [-0.2, 0) is 6.42 Å². The molecule has 0 saturated heterocycles. The van der Waals surface area contributed by atoms with Crippen molar-refractivity contribution in [3.8, 4) is 0 Å². The van der Waals surface area contributed by atoms with E-state index in [0.717, 1.165) is 11.3 Å². The molecule has 0 aliphatic rings. The Balaban J connectivity index is 1.90. The SMILES string of the molecule is Cc1ccc(NC(N)=NCCc2ccc(F)cc2Cl)cc1. The average Bonchev–Trinajstić information content (AvgIpc) is 2.44. The fourth-order valence-electron chi connectivity index (χ4n) is 1.85. The molecule has 3 N–H and O–H groups in total. The van der Waals surface area contributed by atoms with Crippen molar-refractivity contribution < 1.29 is 4.39 Å². The molecule has 2 aromatic rings. The Morgan fingerprint density at radius 1 is 1.24 bits per heavy atom. The van der Waals surface area contributed by atoms with Crippen LogP contribution in [0.15, 0.2) is 47.5 Å². The highest BCUT2D eigenvalue weighted by atomic mass is 35.5. The van der Waals surface area contributed by atoms with Gasteiger partial charge in [-0.15, -0.1) is 0 Å². The van der Waals surface area contributed by atoms with Crippen molar-refractivity contribution in [3.63, 3.8) is 0 Å². The molecule has 0 aromatic heterocycles. The highest BCUT2D eigenvalue weighted by Gasteiger charge is 2.01. The first-order valence-corrected chi connectivity index (χ1v) is 7.00. The normalized spacial score (nSPS) is 11.5. The predicted octanol–water partition coefficient (Wildman–Crippen LogP) is 3.76. The summed E-state index contributed by atoms with van der Waals surface area (Å²) in [7, 11) is 0. The Morgan fingerprint density at radius 3 is 2.62 bits per heavy atom. The van der Waals surface area contributed by atoms with Gasteiger partial charge in [0.2, 0.25) is 0 Å². The number of aliphatic imine (C=N–C) groups is 1. The van der Waals surface area contributed by atoms with Crippen LogP contribution in [0.4, 0.5) is 10.1 Å². The van der Waals surface area contributed by atoms with Gasteiger partial charge < -0.3 is 11.1 Å². The topological polar surface area (TPSA) is 50.4 Å². The molecule has 0 aliphatic heterocycles. The van der Waals surface area contributed by atoms with Crippen molar-refractivity contribution >= 4 is 23.2 Å². The summed E-state index contributed by atoms with van der Waals surface area (Å²) in [6, 6.07) is 12.2. The van der Waals surface area contributed by atoms with Gasteiger partial charge in [-0.3, -0.25) is 4.99 Å². The van der Waals surface area contributed by atoms with E-state index in [1.54, 1.807) is 6.07 Å². The third-order valence-electron chi connectivity index (χ3n) is 3.00. The van der Waals surface area contributed by atoms with Gasteiger partial charge in [0, 0.05) is 17.3 Å². The van der Waals surface area contributed by atoms with Gasteiger partial charge in [0.15, 0.2) is 5.96 Å². The maximum Gasteiger partial charge on any atom is 0.193 e. The van der Waals surface area contributed by atoms with E-state index < -0.39 is 0 Å². The molecule has 21 heavy (non-hydrogen) atoms. The van der Waals surface area contributed by atoms with Gasteiger partial charge in [0.25, 0.3) is 0 Å². The van der Waals surface area contributed by atoms with Crippen molar-refractivity contribution in [2.75, 3.05) is 11.9 Å². The third-order valence-corrected chi connectivity index (χ3v) is 3.35. The Bertz CT molecular complexity index is 638. The standard InChI is InChI=1S/C16H17ClFN3/c1-11-2-6-14(7-3-11)21-16(19)20-9-8-12-4-5-13(18)10-15(12)17/h2-7,10H,8-9H2,1H3,(H3,19,20,21). The summed E-state index contributed by atoms with van der Waals surface area (Å²) in [5, 5.41) is 3.43. The molecule has 0 heterocycles. The van der Waals surface area contributed by atoms with Crippen LogP contribution in [0.1, 0.15) is 11.1 Å². The molecule has 0 radical (unpaired) electrons. The minimum Gasteiger partial charge on any atom is -0.370 e. The number of halogens is 2. The molecule has 2 rings (SSSR count). The van der Waals surface area contributed by atoms with Crippen LogP contribution in [0, 0.1) is 12.7 Å². The number of aryl methyl sites for hydroxylation is 1. The van der Waals surface area contributed by atoms with Crippen LogP contribution in [0.2, 0.25) is 5.02 Å². The van der Waals surface area contributed by atoms with Crippen LogP contribution in [0.3, 0.4) is 0 Å². The molecule has 0 spiro atoms. The van der Waals surface area contributed by atoms with E-state index in [0.29, 0.717) is 23.9 Å². The zero-order valence-corrected chi connectivity index (χ0v) is 12.5. The molecule has 0 bridgehead atoms. The van der Waals surface area contributed by atoms with E-state index in [4.69, 9.17) is 17.3 Å². The lowest BCUT2D eigenvalue weighted by molar-refractivity contribution is 0.627. The van der Waals surface area contributed by atoms with Crippen molar-refractivity contribution in [2.45, 2.75) is 13.3 Å². The Hall–Kier alpha value is -2.07. The molecule has 2 aromatic carbocycles. The summed E-state index contributed by atoms with van der Waals surface area (Å²) in [6.07, 6.45) is 0.607. The van der Waals surface area contributed by atoms with E-state index in [1.807, 2.05) is 31.2 Å². The number of guanidine groups is 1. The first-order chi connectivity index (χ1) is 10.0. The molecule has 5 heteroatoms. The van der Waals surface area contributed by atoms with Crippen molar-refractivity contribution in [2.24, 2.45) is 10.7 Å². The van der Waals surface area contributed by atoms with Crippen LogP contribution in [0.5, 0.6) is 0 Å². The highest BCUT2D eigenvalue weighted by molar-refractivity contribution is 6.31. The number of anilines is 1. The van der Waals surface area contributed by atoms with Crippen LogP contribution >= 0.6 is 11.6 Å². The number of hydrogen-bond acceptors (Lipinski definition) is 1. The number of nitrogens with two attached hydrogens (primary N) is 1. The molecular formula is C16H17ClFN3. The summed E-state index contributed by atoms with van der Waals surface area (Å²) < 4.78 is 12.9. The highest BCUT2D eigenvalue weighted by Crippen LogP contribution is 2.17. The smallest absolute Gasteiger partial charge is 0.193 e. The predicted molar refractivity (Wildman–Crippen MR) is 86.4 cm³/mol. The number of rotatable bonds is 4. The monoisotopic (exact) mass is 305 g/mol. The van der Waals surface area contributed by atoms with E-state index in [9.17, 15) is 4.39 Å². The first-order valence-electron chi connectivity index (χ1n) is 6.62. The second-order valence-corrected chi connectivity index (χ2v) is 5.15. The minimum absolute atomic E-state index is 0.340. The summed E-state index contributed by atoms with van der Waals surface area (Å²) in [6.45, 7) is 2.50. The largest absolute Gasteiger partial charge is 0.370 e. The van der Waals surface area contributed by atoms with Gasteiger partial charge in [-0.2, -0.15) is 0 Å². The first kappa shape index (κ1) is 15.3. The van der Waals surface area contributed by atoms with Gasteiger partial charge in [-0.05, 0) is 43.2 Å². The molecule has 0 unspecified atom stereocenters. The Labute approximate surface area is 128 Å². The third kappa shape index (κ3) is 4.76. The Morgan fingerprint density at radius 2 is 1.95 bits per heavy atom. The molecular weight excluding hydrogens is 289 g/mol. The zero-order valence-electron chi connectivity index (χ0n) is 11.7. The van der Waals surface area contributed by atoms with Crippen LogP contribution in [-0.4, -0.2) is 12.5 Å². The molecule has 110 valence electrons. The molecule has 0 aliphatic carbocycles. The minimum atomic E-state index is -0.340. The molecule has 0 saturated carbocycles. The average molecular weight is 306 g/mol. The van der Waals surface area contributed by atoms with Crippen molar-refractivity contribution in [1.82, 2.24) is 0 Å². The fourth-order valence-corrected chi connectivity index (χ4v) is 2.11. The lowest BCUT2D eigenvalue weighted by atomic mass is 10.1. The van der Waals surface area contributed by atoms with Gasteiger partial charge in [-0.25, -0.2) is 4.39 Å². The van der Waals surface area contributed by atoms with Crippen molar-refractivity contribution in [1.29, 1.82) is 0 Å². The molecule has 0 atom stereocenters. The maximum absolute atomic E-state index is 12.9. The number of hydrogen-bond donors (Lipinski definition) is 2. The van der Waals surface area contributed by atoms with Crippen molar-refractivity contribution in [3.05, 3.63) is 64.4 Å². The summed E-state index contributed by atoms with van der Waals surface area (Å²) in [5.41, 5.74) is 8.74. The Kier molecular flexibility index (Phi) is 5.17. The van der Waals surface area contributed by atoms with Gasteiger partial charge in [0.05, 0.1) is 0 Å². The van der Waals surface area contributed by atoms with Gasteiger partial charge >= 0.3 is 0 Å².